The molecule has 0 radical (unpaired) electrons. The molecule has 0 saturated heterocycles. The predicted octanol–water partition coefficient (Wildman–Crippen LogP) is 5.81. The molecule has 0 amide bonds. The Morgan fingerprint density at radius 2 is 1.00 bits per heavy atom. The molecule has 0 spiro atoms. The van der Waals surface area contributed by atoms with Crippen LogP contribution in [0.4, 0.5) is 0 Å². The third-order valence-electron chi connectivity index (χ3n) is 4.33. The molecular weight excluding hydrogens is 355 g/mol. The van der Waals surface area contributed by atoms with Gasteiger partial charge in [-0.2, -0.15) is 0 Å². The van der Waals surface area contributed by atoms with Crippen molar-refractivity contribution < 1.29 is 23.2 Å². The number of hydrogen-bond donors (Lipinski definition) is 0. The Labute approximate surface area is 149 Å². The van der Waals surface area contributed by atoms with Crippen LogP contribution in [0.2, 0.25) is 0 Å². The quantitative estimate of drug-likeness (QED) is 0.634. The zero-order chi connectivity index (χ0) is 15.5. The van der Waals surface area contributed by atoms with E-state index in [4.69, 9.17) is 0 Å². The molecule has 0 N–H and O–H groups in total. The molecule has 2 aromatic rings. The first-order valence-corrected chi connectivity index (χ1v) is 10.5. The fourth-order valence-corrected chi connectivity index (χ4v) is 6.96. The molecule has 23 heavy (non-hydrogen) atoms. The van der Waals surface area contributed by atoms with Crippen LogP contribution in [0.25, 0.3) is 11.1 Å². The van der Waals surface area contributed by atoms with E-state index >= 15 is 0 Å². The number of rotatable bonds is 4. The number of benzene rings is 2. The van der Waals surface area contributed by atoms with E-state index in [0.29, 0.717) is 0 Å². The Kier molecular flexibility index (Phi) is 4.40. The topological polar surface area (TPSA) is 0 Å². The minimum absolute atomic E-state index is 0.712. The minimum atomic E-state index is -0.712. The van der Waals surface area contributed by atoms with Gasteiger partial charge in [0, 0.05) is 0 Å². The van der Waals surface area contributed by atoms with E-state index in [1.807, 2.05) is 0 Å². The summed E-state index contributed by atoms with van der Waals surface area (Å²) < 4.78 is 3.43. The van der Waals surface area contributed by atoms with Gasteiger partial charge in [0.1, 0.15) is 0 Å². The third kappa shape index (κ3) is 3.17. The summed E-state index contributed by atoms with van der Waals surface area (Å²) in [6.45, 7) is 0. The Morgan fingerprint density at radius 3 is 1.43 bits per heavy atom. The molecular formula is C22H18Zr. The molecule has 0 saturated carbocycles. The van der Waals surface area contributed by atoms with E-state index in [-0.39, 0.29) is 0 Å². The van der Waals surface area contributed by atoms with Gasteiger partial charge in [0.15, 0.2) is 0 Å². The Bertz CT molecular complexity index is 749. The van der Waals surface area contributed by atoms with Crippen LogP contribution in [0.5, 0.6) is 0 Å². The van der Waals surface area contributed by atoms with Gasteiger partial charge in [-0.15, -0.1) is 0 Å². The molecule has 0 bridgehead atoms. The Balaban J connectivity index is 1.67. The van der Waals surface area contributed by atoms with Crippen LogP contribution in [-0.4, -0.2) is 0 Å². The van der Waals surface area contributed by atoms with Crippen molar-refractivity contribution in [1.82, 2.24) is 0 Å². The molecule has 0 fully saturated rings. The summed E-state index contributed by atoms with van der Waals surface area (Å²) in [6.07, 6.45) is 11.6. The monoisotopic (exact) mass is 372 g/mol. The maximum atomic E-state index is 2.34. The zero-order valence-corrected chi connectivity index (χ0v) is 15.5. The maximum absolute atomic E-state index is 2.34. The predicted molar refractivity (Wildman–Crippen MR) is 94.2 cm³/mol. The summed E-state index contributed by atoms with van der Waals surface area (Å²) in [4.78, 5) is 0. The van der Waals surface area contributed by atoms with Crippen LogP contribution in [0.3, 0.4) is 0 Å². The van der Waals surface area contributed by atoms with Gasteiger partial charge in [0.2, 0.25) is 0 Å². The average molecular weight is 374 g/mol. The Hall–Kier alpha value is -1.72. The van der Waals surface area contributed by atoms with Crippen molar-refractivity contribution in [2.24, 2.45) is 0 Å². The SMILES string of the molecule is C1=CC(c2ccccc2)=[C]([Zr][C]2=C(c3ccccc3)C=CC2)C1. The van der Waals surface area contributed by atoms with Crippen molar-refractivity contribution in [1.29, 1.82) is 0 Å². The van der Waals surface area contributed by atoms with Crippen molar-refractivity contribution in [2.75, 3.05) is 0 Å². The summed E-state index contributed by atoms with van der Waals surface area (Å²) in [6, 6.07) is 21.7. The number of allylic oxidation sites excluding steroid dienone is 8. The van der Waals surface area contributed by atoms with Crippen molar-refractivity contribution in [3.8, 4) is 0 Å². The van der Waals surface area contributed by atoms with Gasteiger partial charge in [0.05, 0.1) is 0 Å². The molecule has 110 valence electrons. The fourth-order valence-electron chi connectivity index (χ4n) is 3.21. The van der Waals surface area contributed by atoms with Crippen LogP contribution >= 0.6 is 0 Å². The van der Waals surface area contributed by atoms with Crippen LogP contribution in [0, 0.1) is 0 Å². The molecule has 0 aliphatic heterocycles. The van der Waals surface area contributed by atoms with Gasteiger partial charge in [0.25, 0.3) is 0 Å². The van der Waals surface area contributed by atoms with Crippen LogP contribution in [0.1, 0.15) is 24.0 Å². The number of hydrogen-bond acceptors (Lipinski definition) is 0. The standard InChI is InChI=1S/2C11H9.Zr/c2*1-2-6-10(7-3-1)11-8-4-5-9-11;/h2*1-4,6-8H,5H2;. The summed E-state index contributed by atoms with van der Waals surface area (Å²) in [5, 5.41) is 0. The van der Waals surface area contributed by atoms with Gasteiger partial charge in [-0.3, -0.25) is 0 Å². The van der Waals surface area contributed by atoms with Crippen LogP contribution in [-0.2, 0) is 23.2 Å². The van der Waals surface area contributed by atoms with Crippen molar-refractivity contribution in [3.05, 3.63) is 103 Å². The molecule has 4 rings (SSSR count). The molecule has 1 heteroatoms. The van der Waals surface area contributed by atoms with Gasteiger partial charge < -0.3 is 0 Å². The zero-order valence-electron chi connectivity index (χ0n) is 13.0. The van der Waals surface area contributed by atoms with Gasteiger partial charge in [-0.1, -0.05) is 0 Å². The second-order valence-corrected chi connectivity index (χ2v) is 9.44. The van der Waals surface area contributed by atoms with E-state index in [1.165, 1.54) is 22.3 Å². The van der Waals surface area contributed by atoms with E-state index in [9.17, 15) is 0 Å². The molecule has 0 nitrogen and oxygen atoms in total. The van der Waals surface area contributed by atoms with Gasteiger partial charge >= 0.3 is 150 Å². The first-order chi connectivity index (χ1) is 11.4. The third-order valence-corrected chi connectivity index (χ3v) is 8.15. The molecule has 0 unspecified atom stereocenters. The molecule has 2 aromatic carbocycles. The first kappa shape index (κ1) is 14.8. The van der Waals surface area contributed by atoms with Crippen molar-refractivity contribution >= 4 is 11.1 Å². The summed E-state index contributed by atoms with van der Waals surface area (Å²) in [5.74, 6) is 0. The average Bonchev–Trinajstić information content (AvgIpc) is 3.26. The summed E-state index contributed by atoms with van der Waals surface area (Å²) in [7, 11) is 0. The molecule has 2 aliphatic carbocycles. The molecule has 0 atom stereocenters. The first-order valence-electron chi connectivity index (χ1n) is 8.09. The molecule has 2 aliphatic rings. The van der Waals surface area contributed by atoms with E-state index < -0.39 is 23.2 Å². The van der Waals surface area contributed by atoms with Gasteiger partial charge in [-0.25, -0.2) is 0 Å². The summed E-state index contributed by atoms with van der Waals surface area (Å²) in [5.41, 5.74) is 5.74. The molecule has 0 heterocycles. The van der Waals surface area contributed by atoms with Crippen LogP contribution < -0.4 is 0 Å². The second kappa shape index (κ2) is 6.81. The fraction of sp³-hybridized carbons (Fsp3) is 0.0909. The van der Waals surface area contributed by atoms with E-state index in [2.05, 4.69) is 85.0 Å². The second-order valence-electron chi connectivity index (χ2n) is 5.85. The molecule has 0 aromatic heterocycles. The van der Waals surface area contributed by atoms with Gasteiger partial charge in [-0.05, 0) is 0 Å². The summed E-state index contributed by atoms with van der Waals surface area (Å²) >= 11 is -0.712. The van der Waals surface area contributed by atoms with Crippen molar-refractivity contribution in [2.45, 2.75) is 12.8 Å². The van der Waals surface area contributed by atoms with E-state index in [1.54, 1.807) is 6.56 Å². The Morgan fingerprint density at radius 1 is 0.565 bits per heavy atom. The van der Waals surface area contributed by atoms with E-state index in [0.717, 1.165) is 12.8 Å². The van der Waals surface area contributed by atoms with Crippen LogP contribution in [0.15, 0.2) is 91.5 Å². The van der Waals surface area contributed by atoms with Crippen molar-refractivity contribution in [3.63, 3.8) is 0 Å². The normalized spacial score (nSPS) is 16.5.